The van der Waals surface area contributed by atoms with Crippen molar-refractivity contribution in [3.05, 3.63) is 66.2 Å². The van der Waals surface area contributed by atoms with Crippen molar-refractivity contribution in [1.29, 1.82) is 0 Å². The zero-order valence-electron chi connectivity index (χ0n) is 17.8. The molecule has 8 nitrogen and oxygen atoms in total. The number of aromatic nitrogens is 1. The van der Waals surface area contributed by atoms with E-state index in [9.17, 15) is 13.2 Å². The molecule has 32 heavy (non-hydrogen) atoms. The standard InChI is InChI=1S/C22H23N3O2.CH4O3S/c26-22(20-13-17-5-1-2-6-19(17)27-20)24-21-16-7-10-25(11-8-16)18(21)12-15-4-3-9-23-14-15;1-5(2,3)4/h1-6,9,13-14,16,18,21H,7-8,10-12H2,(H,24,26);1H3,(H,2,3,4)/t18-,21+;/m0./s1. The van der Waals surface area contributed by atoms with Gasteiger partial charge >= 0.3 is 0 Å². The van der Waals surface area contributed by atoms with Crippen molar-refractivity contribution < 1.29 is 22.2 Å². The fourth-order valence-corrected chi connectivity index (χ4v) is 4.70. The van der Waals surface area contributed by atoms with E-state index in [1.807, 2.05) is 42.6 Å². The quantitative estimate of drug-likeness (QED) is 0.579. The monoisotopic (exact) mass is 457 g/mol. The van der Waals surface area contributed by atoms with Crippen molar-refractivity contribution in [3.8, 4) is 0 Å². The van der Waals surface area contributed by atoms with Crippen molar-refractivity contribution in [1.82, 2.24) is 15.2 Å². The van der Waals surface area contributed by atoms with Crippen LogP contribution in [-0.4, -0.2) is 60.2 Å². The highest BCUT2D eigenvalue weighted by Gasteiger charge is 2.43. The van der Waals surface area contributed by atoms with Gasteiger partial charge in [0.05, 0.1) is 6.26 Å². The van der Waals surface area contributed by atoms with E-state index in [2.05, 4.69) is 21.3 Å². The molecule has 0 aliphatic carbocycles. The number of para-hydroxylation sites is 1. The second-order valence-electron chi connectivity index (χ2n) is 8.39. The maximum Gasteiger partial charge on any atom is 0.287 e. The van der Waals surface area contributed by atoms with Gasteiger partial charge in [0.15, 0.2) is 5.76 Å². The zero-order chi connectivity index (χ0) is 22.7. The van der Waals surface area contributed by atoms with Gasteiger partial charge in [0.2, 0.25) is 0 Å². The summed E-state index contributed by atoms with van der Waals surface area (Å²) in [4.78, 5) is 19.7. The molecule has 6 rings (SSSR count). The highest BCUT2D eigenvalue weighted by molar-refractivity contribution is 7.85. The topological polar surface area (TPSA) is 113 Å². The highest BCUT2D eigenvalue weighted by Crippen LogP contribution is 2.34. The summed E-state index contributed by atoms with van der Waals surface area (Å²) < 4.78 is 31.6. The maximum atomic E-state index is 12.9. The number of rotatable bonds is 4. The van der Waals surface area contributed by atoms with E-state index in [0.717, 1.165) is 43.3 Å². The Hall–Kier alpha value is -2.75. The Morgan fingerprint density at radius 2 is 1.94 bits per heavy atom. The van der Waals surface area contributed by atoms with Crippen molar-refractivity contribution >= 4 is 27.0 Å². The molecule has 0 saturated carbocycles. The van der Waals surface area contributed by atoms with Crippen LogP contribution in [0.4, 0.5) is 0 Å². The molecule has 2 bridgehead atoms. The second kappa shape index (κ2) is 9.40. The first-order chi connectivity index (χ1) is 15.3. The summed E-state index contributed by atoms with van der Waals surface area (Å²) in [6.45, 7) is 2.24. The molecule has 1 amide bonds. The summed E-state index contributed by atoms with van der Waals surface area (Å²) >= 11 is 0. The molecular weight excluding hydrogens is 430 g/mol. The van der Waals surface area contributed by atoms with Crippen LogP contribution in [0.5, 0.6) is 0 Å². The summed E-state index contributed by atoms with van der Waals surface area (Å²) in [5, 5.41) is 4.26. The minimum absolute atomic E-state index is 0.110. The molecule has 3 fully saturated rings. The van der Waals surface area contributed by atoms with Crippen LogP contribution in [0.1, 0.15) is 29.0 Å². The van der Waals surface area contributed by atoms with Gasteiger partial charge in [-0.05, 0) is 62.0 Å². The van der Waals surface area contributed by atoms with Crippen molar-refractivity contribution in [2.45, 2.75) is 31.3 Å². The van der Waals surface area contributed by atoms with Gasteiger partial charge in [-0.3, -0.25) is 19.2 Å². The second-order valence-corrected chi connectivity index (χ2v) is 9.85. The van der Waals surface area contributed by atoms with Crippen LogP contribution in [0.15, 0.2) is 59.3 Å². The molecule has 170 valence electrons. The molecule has 1 aromatic carbocycles. The average molecular weight is 458 g/mol. The lowest BCUT2D eigenvalue weighted by Crippen LogP contribution is -2.64. The normalized spacial score (nSPS) is 24.6. The van der Waals surface area contributed by atoms with E-state index in [4.69, 9.17) is 8.97 Å². The molecule has 3 saturated heterocycles. The minimum atomic E-state index is -3.67. The zero-order valence-corrected chi connectivity index (χ0v) is 18.7. The van der Waals surface area contributed by atoms with Gasteiger partial charge in [-0.1, -0.05) is 24.3 Å². The highest BCUT2D eigenvalue weighted by atomic mass is 32.2. The Morgan fingerprint density at radius 1 is 1.22 bits per heavy atom. The van der Waals surface area contributed by atoms with Crippen LogP contribution in [0.3, 0.4) is 0 Å². The fourth-order valence-electron chi connectivity index (χ4n) is 4.70. The summed E-state index contributed by atoms with van der Waals surface area (Å²) in [6, 6.07) is 14.1. The summed E-state index contributed by atoms with van der Waals surface area (Å²) in [7, 11) is -3.67. The first kappa shape index (κ1) is 22.4. The maximum absolute atomic E-state index is 12.9. The van der Waals surface area contributed by atoms with Gasteiger partial charge < -0.3 is 9.73 Å². The van der Waals surface area contributed by atoms with Crippen LogP contribution in [-0.2, 0) is 16.5 Å². The molecule has 2 atom stereocenters. The number of hydrogen-bond donors (Lipinski definition) is 2. The van der Waals surface area contributed by atoms with Gasteiger partial charge in [-0.25, -0.2) is 0 Å². The van der Waals surface area contributed by atoms with E-state index in [1.54, 1.807) is 6.20 Å². The number of piperidine rings is 3. The van der Waals surface area contributed by atoms with Crippen molar-refractivity contribution in [2.24, 2.45) is 5.92 Å². The number of nitrogens with zero attached hydrogens (tertiary/aromatic N) is 2. The number of fused-ring (bicyclic) bond motifs is 4. The number of benzene rings is 1. The largest absolute Gasteiger partial charge is 0.451 e. The Labute approximate surface area is 187 Å². The average Bonchev–Trinajstić information content (AvgIpc) is 3.20. The van der Waals surface area contributed by atoms with Crippen LogP contribution >= 0.6 is 0 Å². The van der Waals surface area contributed by atoms with E-state index in [0.29, 0.717) is 24.0 Å². The van der Waals surface area contributed by atoms with E-state index in [1.165, 1.54) is 5.56 Å². The van der Waals surface area contributed by atoms with Gasteiger partial charge in [-0.15, -0.1) is 0 Å². The lowest BCUT2D eigenvalue weighted by molar-refractivity contribution is 0.0131. The molecule has 2 aromatic heterocycles. The SMILES string of the molecule is CS(=O)(=O)O.O=C(N[C@@H]1C2CCN(CC2)[C@H]1Cc1cccnc1)c1cc2ccccc2o1. The Morgan fingerprint density at radius 3 is 2.59 bits per heavy atom. The third-order valence-corrected chi connectivity index (χ3v) is 6.08. The fraction of sp³-hybridized carbons (Fsp3) is 0.391. The number of carbonyl (C=O) groups is 1. The molecule has 3 aromatic rings. The molecular formula is C23H27N3O5S. The lowest BCUT2D eigenvalue weighted by Gasteiger charge is -2.51. The summed E-state index contributed by atoms with van der Waals surface area (Å²) in [5.41, 5.74) is 1.97. The molecule has 3 aliphatic rings. The molecule has 3 aliphatic heterocycles. The van der Waals surface area contributed by atoms with Gasteiger partial charge in [-0.2, -0.15) is 8.42 Å². The van der Waals surface area contributed by atoms with Crippen LogP contribution in [0, 0.1) is 5.92 Å². The third kappa shape index (κ3) is 5.53. The Bertz CT molecular complexity index is 1130. The van der Waals surface area contributed by atoms with Crippen LogP contribution in [0.2, 0.25) is 0 Å². The Balaban J connectivity index is 0.000000444. The lowest BCUT2D eigenvalue weighted by atomic mass is 9.76. The number of pyridine rings is 1. The number of nitrogens with one attached hydrogen (secondary N) is 1. The Kier molecular flexibility index (Phi) is 6.59. The smallest absolute Gasteiger partial charge is 0.287 e. The van der Waals surface area contributed by atoms with Gasteiger partial charge in [0.1, 0.15) is 5.58 Å². The first-order valence-electron chi connectivity index (χ1n) is 10.6. The predicted octanol–water partition coefficient (Wildman–Crippen LogP) is 2.77. The van der Waals surface area contributed by atoms with Gasteiger partial charge in [0, 0.05) is 29.9 Å². The van der Waals surface area contributed by atoms with E-state index >= 15 is 0 Å². The molecule has 9 heteroatoms. The molecule has 0 spiro atoms. The minimum Gasteiger partial charge on any atom is -0.451 e. The van der Waals surface area contributed by atoms with E-state index in [-0.39, 0.29) is 11.9 Å². The van der Waals surface area contributed by atoms with Crippen LogP contribution in [0.25, 0.3) is 11.0 Å². The predicted molar refractivity (Wildman–Crippen MR) is 121 cm³/mol. The number of furan rings is 1. The number of hydrogen-bond acceptors (Lipinski definition) is 6. The van der Waals surface area contributed by atoms with E-state index < -0.39 is 10.1 Å². The van der Waals surface area contributed by atoms with Crippen LogP contribution < -0.4 is 5.32 Å². The third-order valence-electron chi connectivity index (χ3n) is 6.08. The number of amides is 1. The molecule has 5 heterocycles. The molecule has 2 N–H and O–H groups in total. The first-order valence-corrected chi connectivity index (χ1v) is 12.5. The van der Waals surface area contributed by atoms with Gasteiger partial charge in [0.25, 0.3) is 16.0 Å². The molecule has 0 radical (unpaired) electrons. The summed E-state index contributed by atoms with van der Waals surface area (Å²) in [5.74, 6) is 0.818. The van der Waals surface area contributed by atoms with Crippen molar-refractivity contribution in [3.63, 3.8) is 0 Å². The van der Waals surface area contributed by atoms with Crippen molar-refractivity contribution in [2.75, 3.05) is 19.3 Å². The summed E-state index contributed by atoms with van der Waals surface area (Å²) in [6.07, 6.45) is 7.66. The number of carbonyl (C=O) groups excluding carboxylic acids is 1. The molecule has 0 unspecified atom stereocenters.